The van der Waals surface area contributed by atoms with E-state index in [-0.39, 0.29) is 11.5 Å². The fraction of sp³-hybridized carbons (Fsp3) is 0.889. The van der Waals surface area contributed by atoms with Crippen LogP contribution in [0, 0.1) is 5.92 Å². The van der Waals surface area contributed by atoms with Crippen LogP contribution in [0.15, 0.2) is 0 Å². The van der Waals surface area contributed by atoms with Crippen molar-refractivity contribution < 1.29 is 9.53 Å². The van der Waals surface area contributed by atoms with Crippen LogP contribution in [0.2, 0.25) is 0 Å². The predicted molar refractivity (Wildman–Crippen MR) is 46.8 cm³/mol. The second-order valence-electron chi connectivity index (χ2n) is 3.57. The van der Waals surface area contributed by atoms with Crippen molar-refractivity contribution in [3.63, 3.8) is 0 Å². The number of hydrogen-bond donors (Lipinski definition) is 1. The van der Waals surface area contributed by atoms with Gasteiger partial charge in [0.2, 0.25) is 0 Å². The van der Waals surface area contributed by atoms with Crippen molar-refractivity contribution in [2.45, 2.75) is 32.2 Å². The quantitative estimate of drug-likeness (QED) is 0.642. The highest BCUT2D eigenvalue weighted by atomic mass is 16.5. The van der Waals surface area contributed by atoms with Gasteiger partial charge in [0.1, 0.15) is 5.54 Å². The lowest BCUT2D eigenvalue weighted by Crippen LogP contribution is -2.59. The van der Waals surface area contributed by atoms with Gasteiger partial charge in [-0.25, -0.2) is 0 Å². The van der Waals surface area contributed by atoms with Gasteiger partial charge in [-0.1, -0.05) is 6.92 Å². The Bertz CT molecular complexity index is 173. The third-order valence-corrected chi connectivity index (χ3v) is 2.54. The van der Waals surface area contributed by atoms with Crippen molar-refractivity contribution in [3.8, 4) is 0 Å². The van der Waals surface area contributed by atoms with E-state index >= 15 is 0 Å². The molecule has 1 saturated carbocycles. The van der Waals surface area contributed by atoms with Gasteiger partial charge in [0.25, 0.3) is 0 Å². The summed E-state index contributed by atoms with van der Waals surface area (Å²) in [6.07, 6.45) is 1.81. The standard InChI is InChI=1S/C9H17NO2/c1-4-12-8(11)9(10-3)5-7(2)6-9/h7,10H,4-6H2,1-3H3. The summed E-state index contributed by atoms with van der Waals surface area (Å²) in [5, 5.41) is 3.06. The maximum atomic E-state index is 11.4. The van der Waals surface area contributed by atoms with Crippen LogP contribution in [0.1, 0.15) is 26.7 Å². The molecular formula is C9H17NO2. The van der Waals surface area contributed by atoms with Crippen molar-refractivity contribution in [3.05, 3.63) is 0 Å². The van der Waals surface area contributed by atoms with Crippen molar-refractivity contribution in [2.75, 3.05) is 13.7 Å². The molecule has 1 aliphatic carbocycles. The fourth-order valence-corrected chi connectivity index (χ4v) is 1.87. The van der Waals surface area contributed by atoms with Crippen molar-refractivity contribution in [1.82, 2.24) is 5.32 Å². The molecule has 0 aromatic heterocycles. The minimum absolute atomic E-state index is 0.0920. The number of carbonyl (C=O) groups excluding carboxylic acids is 1. The van der Waals surface area contributed by atoms with Gasteiger partial charge >= 0.3 is 5.97 Å². The average molecular weight is 171 g/mol. The summed E-state index contributed by atoms with van der Waals surface area (Å²) < 4.78 is 4.99. The van der Waals surface area contributed by atoms with E-state index in [1.54, 1.807) is 0 Å². The summed E-state index contributed by atoms with van der Waals surface area (Å²) in [6, 6.07) is 0. The molecule has 0 spiro atoms. The predicted octanol–water partition coefficient (Wildman–Crippen LogP) is 0.938. The highest BCUT2D eigenvalue weighted by molar-refractivity contribution is 5.82. The van der Waals surface area contributed by atoms with Crippen LogP contribution in [0.25, 0.3) is 0 Å². The average Bonchev–Trinajstić information content (AvgIpc) is 1.98. The molecule has 1 aliphatic rings. The molecule has 3 nitrogen and oxygen atoms in total. The Morgan fingerprint density at radius 2 is 2.25 bits per heavy atom. The molecule has 12 heavy (non-hydrogen) atoms. The molecule has 0 radical (unpaired) electrons. The molecule has 3 heteroatoms. The summed E-state index contributed by atoms with van der Waals surface area (Å²) >= 11 is 0. The third kappa shape index (κ3) is 1.46. The van der Waals surface area contributed by atoms with E-state index in [0.29, 0.717) is 12.5 Å². The molecule has 0 aromatic rings. The maximum absolute atomic E-state index is 11.4. The molecule has 0 atom stereocenters. The van der Waals surface area contributed by atoms with E-state index in [1.807, 2.05) is 14.0 Å². The normalized spacial score (nSPS) is 34.1. The fourth-order valence-electron chi connectivity index (χ4n) is 1.87. The van der Waals surface area contributed by atoms with Crippen LogP contribution < -0.4 is 5.32 Å². The van der Waals surface area contributed by atoms with Crippen LogP contribution in [0.4, 0.5) is 0 Å². The molecule has 0 heterocycles. The van der Waals surface area contributed by atoms with E-state index in [2.05, 4.69) is 12.2 Å². The number of ether oxygens (including phenoxy) is 1. The summed E-state index contributed by atoms with van der Waals surface area (Å²) in [7, 11) is 1.82. The lowest BCUT2D eigenvalue weighted by molar-refractivity contribution is -0.157. The van der Waals surface area contributed by atoms with Crippen LogP contribution >= 0.6 is 0 Å². The van der Waals surface area contributed by atoms with Gasteiger partial charge in [0, 0.05) is 0 Å². The number of rotatable bonds is 3. The summed E-state index contributed by atoms with van der Waals surface area (Å²) in [4.78, 5) is 11.4. The Balaban J connectivity index is 2.51. The minimum Gasteiger partial charge on any atom is -0.465 e. The van der Waals surface area contributed by atoms with E-state index in [0.717, 1.165) is 12.8 Å². The molecule has 0 unspecified atom stereocenters. The van der Waals surface area contributed by atoms with Crippen LogP contribution in [-0.2, 0) is 9.53 Å². The Labute approximate surface area is 73.5 Å². The van der Waals surface area contributed by atoms with Crippen molar-refractivity contribution in [1.29, 1.82) is 0 Å². The highest BCUT2D eigenvalue weighted by Gasteiger charge is 2.48. The van der Waals surface area contributed by atoms with Gasteiger partial charge in [0.05, 0.1) is 6.61 Å². The highest BCUT2D eigenvalue weighted by Crippen LogP contribution is 2.37. The molecule has 1 rings (SSSR count). The first-order valence-electron chi connectivity index (χ1n) is 4.50. The van der Waals surface area contributed by atoms with E-state index in [4.69, 9.17) is 4.74 Å². The smallest absolute Gasteiger partial charge is 0.326 e. The summed E-state index contributed by atoms with van der Waals surface area (Å²) in [6.45, 7) is 4.45. The summed E-state index contributed by atoms with van der Waals surface area (Å²) in [5.74, 6) is 0.549. The Morgan fingerprint density at radius 1 is 1.67 bits per heavy atom. The van der Waals surface area contributed by atoms with Gasteiger partial charge < -0.3 is 10.1 Å². The van der Waals surface area contributed by atoms with E-state index in [1.165, 1.54) is 0 Å². The number of hydrogen-bond acceptors (Lipinski definition) is 3. The number of likely N-dealkylation sites (N-methyl/N-ethyl adjacent to an activating group) is 1. The lowest BCUT2D eigenvalue weighted by Gasteiger charge is -2.43. The first-order valence-corrected chi connectivity index (χ1v) is 4.50. The number of carbonyl (C=O) groups is 1. The first-order chi connectivity index (χ1) is 5.64. The molecular weight excluding hydrogens is 154 g/mol. The zero-order valence-corrected chi connectivity index (χ0v) is 8.02. The largest absolute Gasteiger partial charge is 0.465 e. The molecule has 1 fully saturated rings. The molecule has 0 amide bonds. The third-order valence-electron chi connectivity index (χ3n) is 2.54. The monoisotopic (exact) mass is 171 g/mol. The zero-order chi connectivity index (χ0) is 9.19. The zero-order valence-electron chi connectivity index (χ0n) is 8.02. The lowest BCUT2D eigenvalue weighted by atomic mass is 9.69. The molecule has 70 valence electrons. The van der Waals surface area contributed by atoms with E-state index in [9.17, 15) is 4.79 Å². The van der Waals surface area contributed by atoms with Gasteiger partial charge in [-0.15, -0.1) is 0 Å². The number of nitrogens with one attached hydrogen (secondary N) is 1. The van der Waals surface area contributed by atoms with Crippen LogP contribution in [0.3, 0.4) is 0 Å². The molecule has 1 N–H and O–H groups in total. The SMILES string of the molecule is CCOC(=O)C1(NC)CC(C)C1. The van der Waals surface area contributed by atoms with E-state index < -0.39 is 0 Å². The maximum Gasteiger partial charge on any atom is 0.326 e. The Hall–Kier alpha value is -0.570. The van der Waals surface area contributed by atoms with Crippen LogP contribution in [0.5, 0.6) is 0 Å². The van der Waals surface area contributed by atoms with Gasteiger partial charge in [-0.3, -0.25) is 4.79 Å². The second kappa shape index (κ2) is 3.44. The van der Waals surface area contributed by atoms with Crippen molar-refractivity contribution in [2.24, 2.45) is 5.92 Å². The Morgan fingerprint density at radius 3 is 2.58 bits per heavy atom. The summed E-state index contributed by atoms with van der Waals surface area (Å²) in [5.41, 5.74) is -0.366. The van der Waals surface area contributed by atoms with Crippen LogP contribution in [-0.4, -0.2) is 25.2 Å². The van der Waals surface area contributed by atoms with Gasteiger partial charge in [0.15, 0.2) is 0 Å². The minimum atomic E-state index is -0.366. The molecule has 0 bridgehead atoms. The second-order valence-corrected chi connectivity index (χ2v) is 3.57. The molecule has 0 aromatic carbocycles. The Kier molecular flexibility index (Phi) is 2.73. The van der Waals surface area contributed by atoms with Crippen molar-refractivity contribution >= 4 is 5.97 Å². The topological polar surface area (TPSA) is 38.3 Å². The van der Waals surface area contributed by atoms with Gasteiger partial charge in [-0.05, 0) is 32.7 Å². The van der Waals surface area contributed by atoms with Gasteiger partial charge in [-0.2, -0.15) is 0 Å². The first kappa shape index (κ1) is 9.52. The number of esters is 1. The molecule has 0 aliphatic heterocycles. The molecule has 0 saturated heterocycles.